The smallest absolute Gasteiger partial charge is 0.424 e. The van der Waals surface area contributed by atoms with Gasteiger partial charge in [-0.05, 0) is 61.9 Å². The first-order chi connectivity index (χ1) is 20.2. The van der Waals surface area contributed by atoms with E-state index in [0.29, 0.717) is 17.5 Å². The monoisotopic (exact) mass is 598 g/mol. The van der Waals surface area contributed by atoms with Crippen LogP contribution in [-0.4, -0.2) is 51.3 Å². The minimum absolute atomic E-state index is 0.0447. The number of rotatable bonds is 7. The molecular weight excluding hydrogens is 572 g/mol. The first-order valence-corrected chi connectivity index (χ1v) is 13.1. The molecule has 224 valence electrons. The number of primary amides is 1. The first-order valence-electron chi connectivity index (χ1n) is 13.1. The number of benzene rings is 2. The Morgan fingerprint density at radius 3 is 2.42 bits per heavy atom. The lowest BCUT2D eigenvalue weighted by molar-refractivity contribution is -0.265. The van der Waals surface area contributed by atoms with Crippen LogP contribution in [0.2, 0.25) is 0 Å². The van der Waals surface area contributed by atoms with Crippen molar-refractivity contribution in [2.24, 2.45) is 5.73 Å². The van der Waals surface area contributed by atoms with Gasteiger partial charge < -0.3 is 26.0 Å². The highest BCUT2D eigenvalue weighted by molar-refractivity contribution is 6.00. The third-order valence-corrected chi connectivity index (χ3v) is 7.59. The average Bonchev–Trinajstić information content (AvgIpc) is 3.32. The minimum atomic E-state index is -5.38. The summed E-state index contributed by atoms with van der Waals surface area (Å²) in [5.41, 5.74) is -0.0804. The highest BCUT2D eigenvalue weighted by atomic mass is 19.4. The summed E-state index contributed by atoms with van der Waals surface area (Å²) < 4.78 is 63.1. The van der Waals surface area contributed by atoms with Gasteiger partial charge in [0, 0.05) is 27.8 Å². The third-order valence-electron chi connectivity index (χ3n) is 7.59. The Kier molecular flexibility index (Phi) is 7.25. The number of hydrogen-bond acceptors (Lipinski definition) is 7. The van der Waals surface area contributed by atoms with Crippen molar-refractivity contribution in [3.05, 3.63) is 82.9 Å². The molecule has 0 aliphatic carbocycles. The van der Waals surface area contributed by atoms with Crippen molar-refractivity contribution in [1.82, 2.24) is 15.3 Å². The fraction of sp³-hybridized carbons (Fsp3) is 0.267. The van der Waals surface area contributed by atoms with Crippen molar-refractivity contribution in [2.45, 2.75) is 37.5 Å². The Labute approximate surface area is 242 Å². The maximum Gasteiger partial charge on any atom is 0.424 e. The molecule has 0 saturated heterocycles. The molecular formula is C30H26F4N4O5. The zero-order chi connectivity index (χ0) is 31.3. The third kappa shape index (κ3) is 5.09. The number of aryl methyl sites for hydroxylation is 1. The van der Waals surface area contributed by atoms with Crippen LogP contribution in [0.1, 0.15) is 41.2 Å². The molecule has 5 rings (SSSR count). The number of phenolic OH excluding ortho intramolecular Hbond substituents is 1. The number of aliphatic hydroxyl groups is 1. The molecule has 2 aromatic carbocycles. The number of alkyl halides is 3. The van der Waals surface area contributed by atoms with E-state index in [4.69, 9.17) is 10.5 Å². The van der Waals surface area contributed by atoms with Gasteiger partial charge in [0.05, 0.1) is 12.2 Å². The highest BCUT2D eigenvalue weighted by Gasteiger charge is 2.57. The number of carbonyl (C=O) groups excluding carboxylic acids is 2. The van der Waals surface area contributed by atoms with E-state index in [1.54, 1.807) is 12.1 Å². The van der Waals surface area contributed by atoms with Crippen molar-refractivity contribution in [3.63, 3.8) is 0 Å². The zero-order valence-electron chi connectivity index (χ0n) is 22.9. The fourth-order valence-corrected chi connectivity index (χ4v) is 4.83. The van der Waals surface area contributed by atoms with Gasteiger partial charge in [-0.2, -0.15) is 13.2 Å². The van der Waals surface area contributed by atoms with Gasteiger partial charge in [0.2, 0.25) is 11.5 Å². The standard InChI is InChI=1S/C30H26F4N4O5/c1-3-19-9-6-16-10-17(11-21(39)23(16)37-19)26(40)36-13-29(42,30(32,33)34)22-12-20-25(43-14-28(20,2)27(35)41)24(38-22)15-4-7-18(31)8-5-15/h4-12,39,42H,3,13-14H2,1-2H3,(H2,35,41)(H,36,40)/t28-,29?/m0/s1. The number of pyridine rings is 2. The summed E-state index contributed by atoms with van der Waals surface area (Å²) in [5.74, 6) is -2.93. The number of amides is 2. The molecule has 0 bridgehead atoms. The van der Waals surface area contributed by atoms with E-state index in [1.807, 2.05) is 6.92 Å². The molecule has 9 nitrogen and oxygen atoms in total. The largest absolute Gasteiger partial charge is 0.506 e. The molecule has 1 aliphatic rings. The summed E-state index contributed by atoms with van der Waals surface area (Å²) in [6.45, 7) is 1.55. The second-order valence-corrected chi connectivity index (χ2v) is 10.5. The van der Waals surface area contributed by atoms with Crippen molar-refractivity contribution >= 4 is 22.7 Å². The van der Waals surface area contributed by atoms with E-state index in [2.05, 4.69) is 15.3 Å². The second kappa shape index (κ2) is 10.5. The fourth-order valence-electron chi connectivity index (χ4n) is 4.83. The molecule has 2 aromatic heterocycles. The maximum atomic E-state index is 14.6. The number of aromatic nitrogens is 2. The zero-order valence-corrected chi connectivity index (χ0v) is 22.9. The number of nitrogens with zero attached hydrogens (tertiary/aromatic N) is 2. The van der Waals surface area contributed by atoms with E-state index in [0.717, 1.165) is 24.3 Å². The number of carbonyl (C=O) groups is 2. The summed E-state index contributed by atoms with van der Waals surface area (Å²) in [6.07, 6.45) is -4.78. The molecule has 1 unspecified atom stereocenters. The van der Waals surface area contributed by atoms with Crippen molar-refractivity contribution in [1.29, 1.82) is 0 Å². The number of nitrogens with one attached hydrogen (secondary N) is 1. The lowest BCUT2D eigenvalue weighted by Gasteiger charge is -2.31. The molecule has 5 N–H and O–H groups in total. The second-order valence-electron chi connectivity index (χ2n) is 10.5. The van der Waals surface area contributed by atoms with Gasteiger partial charge in [0.1, 0.15) is 40.5 Å². The van der Waals surface area contributed by atoms with Gasteiger partial charge in [-0.3, -0.25) is 9.59 Å². The van der Waals surface area contributed by atoms with E-state index >= 15 is 0 Å². The summed E-state index contributed by atoms with van der Waals surface area (Å²) in [5, 5.41) is 24.1. The number of ether oxygens (including phenoxy) is 1. The Hall–Kier alpha value is -4.78. The van der Waals surface area contributed by atoms with Crippen molar-refractivity contribution < 1.29 is 42.1 Å². The average molecular weight is 599 g/mol. The van der Waals surface area contributed by atoms with Crippen molar-refractivity contribution in [3.8, 4) is 22.8 Å². The molecule has 3 heterocycles. The summed E-state index contributed by atoms with van der Waals surface area (Å²) in [4.78, 5) is 33.7. The number of fused-ring (bicyclic) bond motifs is 2. The number of phenols is 1. The van der Waals surface area contributed by atoms with Gasteiger partial charge in [-0.1, -0.05) is 13.0 Å². The Bertz CT molecular complexity index is 1760. The topological polar surface area (TPSA) is 148 Å². The molecule has 0 saturated carbocycles. The van der Waals surface area contributed by atoms with Crippen molar-refractivity contribution in [2.75, 3.05) is 13.2 Å². The van der Waals surface area contributed by atoms with Crippen LogP contribution in [-0.2, 0) is 22.2 Å². The summed E-state index contributed by atoms with van der Waals surface area (Å²) >= 11 is 0. The highest BCUT2D eigenvalue weighted by Crippen LogP contribution is 2.47. The Morgan fingerprint density at radius 1 is 1.09 bits per heavy atom. The van der Waals surface area contributed by atoms with Gasteiger partial charge in [-0.15, -0.1) is 0 Å². The Morgan fingerprint density at radius 2 is 1.79 bits per heavy atom. The maximum absolute atomic E-state index is 14.6. The number of halogens is 4. The van der Waals surface area contributed by atoms with Crippen LogP contribution in [0.3, 0.4) is 0 Å². The lowest BCUT2D eigenvalue weighted by Crippen LogP contribution is -2.51. The number of hydrogen-bond donors (Lipinski definition) is 4. The van der Waals surface area contributed by atoms with Gasteiger partial charge in [0.15, 0.2) is 0 Å². The quantitative estimate of drug-likeness (QED) is 0.235. The normalized spacial score (nSPS) is 17.7. The van der Waals surface area contributed by atoms with Crippen LogP contribution in [0.4, 0.5) is 17.6 Å². The molecule has 13 heteroatoms. The van der Waals surface area contributed by atoms with Gasteiger partial charge in [0.25, 0.3) is 5.91 Å². The molecule has 2 amide bonds. The van der Waals surface area contributed by atoms with Crippen LogP contribution in [0.15, 0.2) is 54.6 Å². The Balaban J connectivity index is 1.57. The van der Waals surface area contributed by atoms with Crippen LogP contribution in [0.25, 0.3) is 22.2 Å². The minimum Gasteiger partial charge on any atom is -0.506 e. The summed E-state index contributed by atoms with van der Waals surface area (Å²) in [7, 11) is 0. The number of aromatic hydroxyl groups is 1. The number of nitrogens with two attached hydrogens (primary N) is 1. The predicted molar refractivity (Wildman–Crippen MR) is 147 cm³/mol. The molecule has 0 spiro atoms. The van der Waals surface area contributed by atoms with Crippen LogP contribution >= 0.6 is 0 Å². The molecule has 4 aromatic rings. The van der Waals surface area contributed by atoms with Crippen LogP contribution in [0.5, 0.6) is 11.5 Å². The lowest BCUT2D eigenvalue weighted by atomic mass is 9.81. The van der Waals surface area contributed by atoms with E-state index < -0.39 is 47.1 Å². The van der Waals surface area contributed by atoms with Crippen LogP contribution < -0.4 is 15.8 Å². The molecule has 1 aliphatic heterocycles. The summed E-state index contributed by atoms with van der Waals surface area (Å²) in [6, 6.07) is 11.2. The molecule has 43 heavy (non-hydrogen) atoms. The molecule has 0 radical (unpaired) electrons. The molecule has 2 atom stereocenters. The van der Waals surface area contributed by atoms with Gasteiger partial charge >= 0.3 is 6.18 Å². The van der Waals surface area contributed by atoms with E-state index in [-0.39, 0.29) is 46.0 Å². The SMILES string of the molecule is CCc1ccc2cc(C(=O)NCC(O)(c3cc4c(c(-c5ccc(F)cc5)n3)OC[C@]4(C)C(N)=O)C(F)(F)F)cc(O)c2n1. The van der Waals surface area contributed by atoms with E-state index in [1.165, 1.54) is 25.1 Å². The van der Waals surface area contributed by atoms with Gasteiger partial charge in [-0.25, -0.2) is 14.4 Å². The molecule has 0 fully saturated rings. The van der Waals surface area contributed by atoms with Crippen LogP contribution in [0, 0.1) is 5.82 Å². The first kappa shape index (κ1) is 29.7. The van der Waals surface area contributed by atoms with E-state index in [9.17, 15) is 37.4 Å². The predicted octanol–water partition coefficient (Wildman–Crippen LogP) is 4.02.